The van der Waals surface area contributed by atoms with Crippen LogP contribution in [0.1, 0.15) is 25.5 Å². The smallest absolute Gasteiger partial charge is 0.354 e. The molecule has 2 heterocycles. The summed E-state index contributed by atoms with van der Waals surface area (Å²) in [7, 11) is 0. The van der Waals surface area contributed by atoms with Gasteiger partial charge in [-0.3, -0.25) is 9.59 Å². The zero-order valence-electron chi connectivity index (χ0n) is 14.0. The molecule has 1 aliphatic rings. The number of hydrazone groups is 1. The fraction of sp³-hybridized carbons (Fsp3) is 0.235. The SMILES string of the molecule is CC(=O)Nc1nc(COC(=O)C2=NN(c3ccccc3)C(=O)CC2)cs1. The Labute approximate surface area is 153 Å². The highest BCUT2D eigenvalue weighted by Gasteiger charge is 2.26. The topological polar surface area (TPSA) is 101 Å². The number of nitrogens with one attached hydrogen (secondary N) is 1. The minimum atomic E-state index is -0.590. The van der Waals surface area contributed by atoms with Crippen LogP contribution in [0, 0.1) is 0 Å². The lowest BCUT2D eigenvalue weighted by molar-refractivity contribution is -0.137. The minimum absolute atomic E-state index is 0.0345. The van der Waals surface area contributed by atoms with Crippen molar-refractivity contribution in [3.63, 3.8) is 0 Å². The maximum atomic E-state index is 12.3. The quantitative estimate of drug-likeness (QED) is 0.812. The molecule has 0 radical (unpaired) electrons. The van der Waals surface area contributed by atoms with Crippen LogP contribution >= 0.6 is 11.3 Å². The fourth-order valence-corrected chi connectivity index (χ4v) is 3.02. The molecule has 26 heavy (non-hydrogen) atoms. The van der Waals surface area contributed by atoms with E-state index in [0.717, 1.165) is 0 Å². The second kappa shape index (κ2) is 7.87. The lowest BCUT2D eigenvalue weighted by Gasteiger charge is -2.22. The third kappa shape index (κ3) is 4.31. The van der Waals surface area contributed by atoms with Crippen molar-refractivity contribution in [3.8, 4) is 0 Å². The number of ether oxygens (including phenoxy) is 1. The molecule has 0 saturated heterocycles. The van der Waals surface area contributed by atoms with Gasteiger partial charge in [-0.05, 0) is 12.1 Å². The highest BCUT2D eigenvalue weighted by Crippen LogP contribution is 2.20. The summed E-state index contributed by atoms with van der Waals surface area (Å²) in [6.45, 7) is 1.36. The van der Waals surface area contributed by atoms with E-state index in [1.165, 1.54) is 23.3 Å². The normalized spacial score (nSPS) is 14.0. The Bertz CT molecular complexity index is 863. The van der Waals surface area contributed by atoms with E-state index in [0.29, 0.717) is 16.5 Å². The second-order valence-electron chi connectivity index (χ2n) is 5.49. The van der Waals surface area contributed by atoms with E-state index < -0.39 is 5.97 Å². The zero-order valence-corrected chi connectivity index (χ0v) is 14.8. The van der Waals surface area contributed by atoms with Gasteiger partial charge in [-0.2, -0.15) is 5.10 Å². The van der Waals surface area contributed by atoms with Crippen LogP contribution in [0.2, 0.25) is 0 Å². The summed E-state index contributed by atoms with van der Waals surface area (Å²) >= 11 is 1.25. The number of benzene rings is 1. The summed E-state index contributed by atoms with van der Waals surface area (Å²) in [6, 6.07) is 8.90. The standard InChI is InChI=1S/C17H16N4O4S/c1-11(22)18-17-19-12(10-26-17)9-25-16(24)14-7-8-15(23)21(20-14)13-5-3-2-4-6-13/h2-6,10H,7-9H2,1H3,(H,18,19,22). The maximum absolute atomic E-state index is 12.3. The molecular formula is C17H16N4O4S. The first-order chi connectivity index (χ1) is 12.5. The molecule has 0 bridgehead atoms. The average molecular weight is 372 g/mol. The van der Waals surface area contributed by atoms with E-state index >= 15 is 0 Å². The van der Waals surface area contributed by atoms with E-state index in [1.54, 1.807) is 29.6 Å². The molecule has 9 heteroatoms. The Kier molecular flexibility index (Phi) is 5.37. The van der Waals surface area contributed by atoms with Crippen LogP contribution in [-0.2, 0) is 25.7 Å². The van der Waals surface area contributed by atoms with Gasteiger partial charge in [0.05, 0.1) is 11.4 Å². The number of esters is 1. The van der Waals surface area contributed by atoms with Gasteiger partial charge >= 0.3 is 5.97 Å². The van der Waals surface area contributed by atoms with Gasteiger partial charge in [0.15, 0.2) is 5.13 Å². The van der Waals surface area contributed by atoms with Crippen molar-refractivity contribution in [1.29, 1.82) is 0 Å². The molecule has 0 spiro atoms. The highest BCUT2D eigenvalue weighted by molar-refractivity contribution is 7.13. The van der Waals surface area contributed by atoms with Crippen molar-refractivity contribution >= 4 is 45.7 Å². The van der Waals surface area contributed by atoms with Crippen LogP contribution < -0.4 is 10.3 Å². The van der Waals surface area contributed by atoms with Crippen molar-refractivity contribution < 1.29 is 19.1 Å². The first-order valence-corrected chi connectivity index (χ1v) is 8.75. The van der Waals surface area contributed by atoms with E-state index in [2.05, 4.69) is 15.4 Å². The maximum Gasteiger partial charge on any atom is 0.354 e. The molecule has 0 aliphatic carbocycles. The number of anilines is 2. The van der Waals surface area contributed by atoms with Crippen LogP contribution in [0.4, 0.5) is 10.8 Å². The predicted octanol–water partition coefficient (Wildman–Crippen LogP) is 2.33. The number of rotatable bonds is 5. The van der Waals surface area contributed by atoms with Gasteiger partial charge < -0.3 is 10.1 Å². The van der Waals surface area contributed by atoms with Crippen LogP contribution in [0.5, 0.6) is 0 Å². The summed E-state index contributed by atoms with van der Waals surface area (Å²) in [6.07, 6.45) is 0.418. The highest BCUT2D eigenvalue weighted by atomic mass is 32.1. The van der Waals surface area contributed by atoms with Crippen LogP contribution in [0.3, 0.4) is 0 Å². The summed E-state index contributed by atoms with van der Waals surface area (Å²) in [5.41, 5.74) is 1.31. The van der Waals surface area contributed by atoms with Crippen molar-refractivity contribution in [3.05, 3.63) is 41.4 Å². The summed E-state index contributed by atoms with van der Waals surface area (Å²) in [5.74, 6) is -0.982. The summed E-state index contributed by atoms with van der Waals surface area (Å²) in [4.78, 5) is 39.4. The molecule has 0 unspecified atom stereocenters. The van der Waals surface area contributed by atoms with Crippen molar-refractivity contribution in [2.24, 2.45) is 5.10 Å². The van der Waals surface area contributed by atoms with E-state index in [-0.39, 0.29) is 37.0 Å². The molecular weight excluding hydrogens is 356 g/mol. The zero-order chi connectivity index (χ0) is 18.5. The van der Waals surface area contributed by atoms with Crippen molar-refractivity contribution in [2.45, 2.75) is 26.4 Å². The third-order valence-electron chi connectivity index (χ3n) is 3.45. The average Bonchev–Trinajstić information content (AvgIpc) is 3.07. The van der Waals surface area contributed by atoms with Gasteiger partial charge in [0.25, 0.3) is 0 Å². The van der Waals surface area contributed by atoms with Crippen LogP contribution in [0.25, 0.3) is 0 Å². The molecule has 1 aromatic carbocycles. The molecule has 134 valence electrons. The van der Waals surface area contributed by atoms with E-state index in [4.69, 9.17) is 4.74 Å². The number of carbonyl (C=O) groups excluding carboxylic acids is 3. The predicted molar refractivity (Wildman–Crippen MR) is 96.8 cm³/mol. The van der Waals surface area contributed by atoms with Gasteiger partial charge in [0.1, 0.15) is 12.3 Å². The molecule has 1 N–H and O–H groups in total. The van der Waals surface area contributed by atoms with Gasteiger partial charge in [-0.1, -0.05) is 18.2 Å². The molecule has 1 aromatic heterocycles. The number of amides is 2. The molecule has 8 nitrogen and oxygen atoms in total. The van der Waals surface area contributed by atoms with Gasteiger partial charge in [-0.25, -0.2) is 14.8 Å². The molecule has 2 aromatic rings. The Hall–Kier alpha value is -3.07. The van der Waals surface area contributed by atoms with Gasteiger partial charge in [0, 0.05) is 25.1 Å². The summed E-state index contributed by atoms with van der Waals surface area (Å²) in [5, 5.41) is 10.1. The third-order valence-corrected chi connectivity index (χ3v) is 4.26. The fourth-order valence-electron chi connectivity index (χ4n) is 2.28. The second-order valence-corrected chi connectivity index (χ2v) is 6.35. The number of carbonyl (C=O) groups is 3. The molecule has 2 amide bonds. The van der Waals surface area contributed by atoms with Crippen LogP contribution in [0.15, 0.2) is 40.8 Å². The first kappa shape index (κ1) is 17.7. The number of para-hydroxylation sites is 1. The molecule has 0 atom stereocenters. The monoisotopic (exact) mass is 372 g/mol. The number of nitrogens with zero attached hydrogens (tertiary/aromatic N) is 3. The summed E-state index contributed by atoms with van der Waals surface area (Å²) < 4.78 is 5.23. The molecule has 0 fully saturated rings. The molecule has 0 saturated carbocycles. The number of thiazole rings is 1. The van der Waals surface area contributed by atoms with E-state index in [1.807, 2.05) is 6.07 Å². The first-order valence-electron chi connectivity index (χ1n) is 7.87. The van der Waals surface area contributed by atoms with Crippen LogP contribution in [-0.4, -0.2) is 28.5 Å². The van der Waals surface area contributed by atoms with Gasteiger partial charge in [-0.15, -0.1) is 11.3 Å². The van der Waals surface area contributed by atoms with Gasteiger partial charge in [0.2, 0.25) is 11.8 Å². The Balaban J connectivity index is 1.64. The largest absolute Gasteiger partial charge is 0.455 e. The Morgan fingerprint density at radius 2 is 2.04 bits per heavy atom. The Morgan fingerprint density at radius 1 is 1.27 bits per heavy atom. The lowest BCUT2D eigenvalue weighted by atomic mass is 10.1. The van der Waals surface area contributed by atoms with Crippen molar-refractivity contribution in [1.82, 2.24) is 4.98 Å². The molecule has 1 aliphatic heterocycles. The number of aromatic nitrogens is 1. The van der Waals surface area contributed by atoms with Crippen molar-refractivity contribution in [2.75, 3.05) is 10.3 Å². The molecule has 3 rings (SSSR count). The minimum Gasteiger partial charge on any atom is -0.455 e. The Morgan fingerprint density at radius 3 is 2.77 bits per heavy atom. The number of hydrogen-bond donors (Lipinski definition) is 1. The lowest BCUT2D eigenvalue weighted by Crippen LogP contribution is -2.34. The van der Waals surface area contributed by atoms with E-state index in [9.17, 15) is 14.4 Å². The number of hydrogen-bond acceptors (Lipinski definition) is 7.